The molecule has 0 bridgehead atoms. The molecule has 2 heterocycles. The van der Waals surface area contributed by atoms with Crippen LogP contribution in [-0.4, -0.2) is 46.0 Å². The third kappa shape index (κ3) is 3.00. The van der Waals surface area contributed by atoms with Crippen LogP contribution in [0.3, 0.4) is 0 Å². The minimum Gasteiger partial charge on any atom is -0.497 e. The third-order valence-corrected chi connectivity index (χ3v) is 6.74. The summed E-state index contributed by atoms with van der Waals surface area (Å²) in [5.74, 6) is 0.672. The van der Waals surface area contributed by atoms with Gasteiger partial charge in [0.25, 0.3) is 0 Å². The molecule has 2 saturated heterocycles. The van der Waals surface area contributed by atoms with Crippen LogP contribution in [0, 0.1) is 5.41 Å². The summed E-state index contributed by atoms with van der Waals surface area (Å²) in [6, 6.07) is 6.67. The summed E-state index contributed by atoms with van der Waals surface area (Å²) >= 11 is 0. The predicted octanol–water partition coefficient (Wildman–Crippen LogP) is 1.85. The van der Waals surface area contributed by atoms with E-state index in [2.05, 4.69) is 5.32 Å². The molecule has 5 nitrogen and oxygen atoms in total. The number of nitrogens with one attached hydrogen (secondary N) is 1. The molecule has 2 aliphatic heterocycles. The third-order valence-electron chi connectivity index (χ3n) is 4.88. The second-order valence-corrected chi connectivity index (χ2v) is 8.34. The predicted molar refractivity (Wildman–Crippen MR) is 85.5 cm³/mol. The van der Waals surface area contributed by atoms with Crippen molar-refractivity contribution in [3.8, 4) is 5.75 Å². The molecule has 1 atom stereocenters. The fraction of sp³-hybridized carbons (Fsp3) is 0.625. The molecular formula is C16H24N2O3S. The minimum atomic E-state index is -3.41. The molecule has 1 aromatic carbocycles. The van der Waals surface area contributed by atoms with Gasteiger partial charge in [0.15, 0.2) is 0 Å². The Hall–Kier alpha value is -1.11. The molecule has 0 amide bonds. The Morgan fingerprint density at radius 2 is 1.91 bits per heavy atom. The maximum atomic E-state index is 12.9. The van der Waals surface area contributed by atoms with Crippen LogP contribution in [0.15, 0.2) is 29.2 Å². The molecule has 22 heavy (non-hydrogen) atoms. The first kappa shape index (κ1) is 15.8. The fourth-order valence-corrected chi connectivity index (χ4v) is 5.23. The molecule has 6 heteroatoms. The van der Waals surface area contributed by atoms with Gasteiger partial charge in [0.2, 0.25) is 10.0 Å². The van der Waals surface area contributed by atoms with Crippen molar-refractivity contribution < 1.29 is 13.2 Å². The molecule has 1 aromatic rings. The van der Waals surface area contributed by atoms with Crippen LogP contribution in [0.25, 0.3) is 0 Å². The lowest BCUT2D eigenvalue weighted by Gasteiger charge is -2.44. The lowest BCUT2D eigenvalue weighted by atomic mass is 9.75. The van der Waals surface area contributed by atoms with Crippen LogP contribution in [0.4, 0.5) is 0 Å². The van der Waals surface area contributed by atoms with Crippen molar-refractivity contribution in [2.75, 3.05) is 33.3 Å². The van der Waals surface area contributed by atoms with Crippen molar-refractivity contribution in [3.63, 3.8) is 0 Å². The Labute approximate surface area is 132 Å². The molecule has 0 saturated carbocycles. The minimum absolute atomic E-state index is 0.121. The van der Waals surface area contributed by atoms with Crippen molar-refractivity contribution >= 4 is 10.0 Å². The fourth-order valence-electron chi connectivity index (χ4n) is 3.64. The first-order valence-electron chi connectivity index (χ1n) is 7.91. The summed E-state index contributed by atoms with van der Waals surface area (Å²) in [5, 5.41) is 3.43. The van der Waals surface area contributed by atoms with Gasteiger partial charge in [-0.25, -0.2) is 8.42 Å². The molecular weight excluding hydrogens is 300 g/mol. The molecule has 3 rings (SSSR count). The number of ether oxygens (including phenoxy) is 1. The summed E-state index contributed by atoms with van der Waals surface area (Å²) in [6.07, 6.45) is 4.32. The van der Waals surface area contributed by atoms with E-state index in [-0.39, 0.29) is 5.41 Å². The molecule has 1 unspecified atom stereocenters. The van der Waals surface area contributed by atoms with Gasteiger partial charge in [-0.05, 0) is 61.9 Å². The highest BCUT2D eigenvalue weighted by atomic mass is 32.2. The van der Waals surface area contributed by atoms with Gasteiger partial charge < -0.3 is 10.1 Å². The highest BCUT2D eigenvalue weighted by Crippen LogP contribution is 2.37. The van der Waals surface area contributed by atoms with Crippen molar-refractivity contribution in [2.45, 2.75) is 30.6 Å². The number of hydrogen-bond donors (Lipinski definition) is 1. The van der Waals surface area contributed by atoms with E-state index in [1.807, 2.05) is 0 Å². The van der Waals surface area contributed by atoms with Crippen LogP contribution in [0.5, 0.6) is 5.75 Å². The van der Waals surface area contributed by atoms with Gasteiger partial charge in [-0.15, -0.1) is 0 Å². The maximum absolute atomic E-state index is 12.9. The van der Waals surface area contributed by atoms with E-state index in [9.17, 15) is 8.42 Å². The quantitative estimate of drug-likeness (QED) is 0.922. The normalized spacial score (nSPS) is 27.0. The average molecular weight is 324 g/mol. The maximum Gasteiger partial charge on any atom is 0.243 e. The van der Waals surface area contributed by atoms with Gasteiger partial charge in [-0.2, -0.15) is 4.31 Å². The number of benzene rings is 1. The summed E-state index contributed by atoms with van der Waals surface area (Å²) in [6.45, 7) is 3.24. The van der Waals surface area contributed by atoms with E-state index in [1.165, 1.54) is 0 Å². The lowest BCUT2D eigenvalue weighted by Crippen LogP contribution is -2.52. The van der Waals surface area contributed by atoms with Gasteiger partial charge >= 0.3 is 0 Å². The number of hydrogen-bond acceptors (Lipinski definition) is 4. The Bertz CT molecular complexity index is 601. The van der Waals surface area contributed by atoms with Crippen molar-refractivity contribution in [2.24, 2.45) is 5.41 Å². The topological polar surface area (TPSA) is 58.6 Å². The second-order valence-electron chi connectivity index (χ2n) is 6.40. The molecule has 0 aliphatic carbocycles. The van der Waals surface area contributed by atoms with Crippen LogP contribution in [-0.2, 0) is 10.0 Å². The van der Waals surface area contributed by atoms with Gasteiger partial charge in [0.05, 0.1) is 12.0 Å². The average Bonchev–Trinajstić information content (AvgIpc) is 2.55. The van der Waals surface area contributed by atoms with Crippen LogP contribution in [0.1, 0.15) is 25.7 Å². The molecule has 1 spiro atoms. The Morgan fingerprint density at radius 1 is 1.18 bits per heavy atom. The Balaban J connectivity index is 1.81. The zero-order valence-electron chi connectivity index (χ0n) is 13.0. The van der Waals surface area contributed by atoms with E-state index in [0.717, 1.165) is 38.8 Å². The number of piperidine rings is 2. The lowest BCUT2D eigenvalue weighted by molar-refractivity contribution is 0.110. The molecule has 0 radical (unpaired) electrons. The zero-order valence-corrected chi connectivity index (χ0v) is 13.9. The van der Waals surface area contributed by atoms with Gasteiger partial charge in [-0.1, -0.05) is 0 Å². The molecule has 122 valence electrons. The highest BCUT2D eigenvalue weighted by molar-refractivity contribution is 7.89. The first-order valence-corrected chi connectivity index (χ1v) is 9.35. The van der Waals surface area contributed by atoms with Crippen molar-refractivity contribution in [3.05, 3.63) is 24.3 Å². The number of sulfonamides is 1. The highest BCUT2D eigenvalue weighted by Gasteiger charge is 2.40. The number of rotatable bonds is 3. The SMILES string of the molecule is COc1ccc(S(=O)(=O)N2CCCC3(CCCNC3)C2)cc1. The van der Waals surface area contributed by atoms with E-state index in [1.54, 1.807) is 35.7 Å². The van der Waals surface area contributed by atoms with Crippen LogP contribution < -0.4 is 10.1 Å². The van der Waals surface area contributed by atoms with Gasteiger partial charge in [-0.3, -0.25) is 0 Å². The number of methoxy groups -OCH3 is 1. The van der Waals surface area contributed by atoms with Crippen molar-refractivity contribution in [1.29, 1.82) is 0 Å². The molecule has 2 aliphatic rings. The van der Waals surface area contributed by atoms with E-state index >= 15 is 0 Å². The Kier molecular flexibility index (Phi) is 4.43. The summed E-state index contributed by atoms with van der Waals surface area (Å²) in [7, 11) is -1.84. The van der Waals surface area contributed by atoms with Crippen molar-refractivity contribution in [1.82, 2.24) is 9.62 Å². The van der Waals surface area contributed by atoms with Gasteiger partial charge in [0, 0.05) is 19.6 Å². The molecule has 2 fully saturated rings. The first-order chi connectivity index (χ1) is 10.6. The van der Waals surface area contributed by atoms with Crippen LogP contribution in [0.2, 0.25) is 0 Å². The summed E-state index contributed by atoms with van der Waals surface area (Å²) in [4.78, 5) is 0.356. The zero-order chi connectivity index (χ0) is 15.6. The van der Waals surface area contributed by atoms with E-state index < -0.39 is 10.0 Å². The molecule has 0 aromatic heterocycles. The van der Waals surface area contributed by atoms with Gasteiger partial charge in [0.1, 0.15) is 5.75 Å². The number of nitrogens with zero attached hydrogens (tertiary/aromatic N) is 1. The van der Waals surface area contributed by atoms with Crippen LogP contribution >= 0.6 is 0 Å². The summed E-state index contributed by atoms with van der Waals surface area (Å²) < 4.78 is 32.5. The largest absolute Gasteiger partial charge is 0.497 e. The summed E-state index contributed by atoms with van der Waals surface area (Å²) in [5.41, 5.74) is 0.121. The van der Waals surface area contributed by atoms with E-state index in [0.29, 0.717) is 23.7 Å². The smallest absolute Gasteiger partial charge is 0.243 e. The second kappa shape index (κ2) is 6.18. The van der Waals surface area contributed by atoms with E-state index in [4.69, 9.17) is 4.74 Å². The standard InChI is InChI=1S/C16H24N2O3S/c1-21-14-4-6-15(7-5-14)22(19,20)18-11-3-9-16(13-18)8-2-10-17-12-16/h4-7,17H,2-3,8-13H2,1H3. The Morgan fingerprint density at radius 3 is 2.55 bits per heavy atom. The molecule has 1 N–H and O–H groups in total. The monoisotopic (exact) mass is 324 g/mol.